The summed E-state index contributed by atoms with van der Waals surface area (Å²) in [7, 11) is 2.09. The molecule has 1 fully saturated rings. The maximum atomic E-state index is 8.78. The number of rotatable bonds is 5. The van der Waals surface area contributed by atoms with Gasteiger partial charge in [-0.3, -0.25) is 0 Å². The van der Waals surface area contributed by atoms with E-state index in [1.807, 2.05) is 6.07 Å². The number of aromatic nitrogens is 2. The van der Waals surface area contributed by atoms with E-state index in [2.05, 4.69) is 21.9 Å². The van der Waals surface area contributed by atoms with E-state index in [4.69, 9.17) is 10.00 Å². The molecule has 1 heterocycles. The zero-order valence-electron chi connectivity index (χ0n) is 9.26. The van der Waals surface area contributed by atoms with Crippen LogP contribution in [0.3, 0.4) is 0 Å². The Bertz CT molecular complexity index is 397. The highest BCUT2D eigenvalue weighted by atomic mass is 16.5. The highest BCUT2D eigenvalue weighted by Gasteiger charge is 2.25. The van der Waals surface area contributed by atoms with E-state index in [0.717, 1.165) is 12.6 Å². The molecule has 5 nitrogen and oxygen atoms in total. The van der Waals surface area contributed by atoms with Gasteiger partial charge in [-0.1, -0.05) is 0 Å². The molecule has 1 aromatic rings. The Hall–Kier alpha value is -1.67. The molecule has 0 aliphatic heterocycles. The van der Waals surface area contributed by atoms with Crippen molar-refractivity contribution < 1.29 is 4.74 Å². The van der Waals surface area contributed by atoms with Gasteiger partial charge in [-0.25, -0.2) is 9.97 Å². The minimum absolute atomic E-state index is 0.247. The zero-order valence-corrected chi connectivity index (χ0v) is 9.26. The monoisotopic (exact) mass is 218 g/mol. The molecular weight excluding hydrogens is 204 g/mol. The fourth-order valence-electron chi connectivity index (χ4n) is 1.49. The van der Waals surface area contributed by atoms with E-state index < -0.39 is 0 Å². The predicted octanol–water partition coefficient (Wildman–Crippen LogP) is 0.821. The van der Waals surface area contributed by atoms with Crippen molar-refractivity contribution in [1.29, 1.82) is 5.26 Å². The Morgan fingerprint density at radius 2 is 2.25 bits per heavy atom. The maximum absolute atomic E-state index is 8.78. The van der Waals surface area contributed by atoms with Crippen LogP contribution in [0.5, 0.6) is 5.88 Å². The lowest BCUT2D eigenvalue weighted by atomic mass is 10.4. The second kappa shape index (κ2) is 4.90. The number of hydrogen-bond donors (Lipinski definition) is 0. The van der Waals surface area contributed by atoms with E-state index in [0.29, 0.717) is 12.5 Å². The van der Waals surface area contributed by atoms with Gasteiger partial charge < -0.3 is 9.64 Å². The van der Waals surface area contributed by atoms with Crippen LogP contribution < -0.4 is 4.74 Å². The summed E-state index contributed by atoms with van der Waals surface area (Å²) in [4.78, 5) is 10.1. The van der Waals surface area contributed by atoms with Crippen molar-refractivity contribution in [2.24, 2.45) is 0 Å². The summed E-state index contributed by atoms with van der Waals surface area (Å²) >= 11 is 0. The number of hydrogen-bond acceptors (Lipinski definition) is 5. The van der Waals surface area contributed by atoms with Gasteiger partial charge in [0.15, 0.2) is 0 Å². The highest BCUT2D eigenvalue weighted by Crippen LogP contribution is 2.24. The molecule has 0 atom stereocenters. The molecule has 1 aliphatic carbocycles. The lowest BCUT2D eigenvalue weighted by Crippen LogP contribution is -2.26. The fraction of sp³-hybridized carbons (Fsp3) is 0.545. The van der Waals surface area contributed by atoms with Crippen molar-refractivity contribution in [3.8, 4) is 11.9 Å². The lowest BCUT2D eigenvalue weighted by molar-refractivity contribution is 0.225. The Morgan fingerprint density at radius 1 is 1.50 bits per heavy atom. The second-order valence-corrected chi connectivity index (χ2v) is 3.88. The van der Waals surface area contributed by atoms with Gasteiger partial charge in [-0.15, -0.1) is 0 Å². The molecule has 16 heavy (non-hydrogen) atoms. The van der Waals surface area contributed by atoms with Crippen LogP contribution in [-0.2, 0) is 0 Å². The first kappa shape index (κ1) is 10.8. The summed E-state index contributed by atoms with van der Waals surface area (Å²) in [6, 6.07) is 2.68. The average Bonchev–Trinajstić information content (AvgIpc) is 3.13. The molecule has 0 aromatic carbocycles. The predicted molar refractivity (Wildman–Crippen MR) is 57.9 cm³/mol. The molecule has 0 radical (unpaired) electrons. The molecule has 0 spiro atoms. The van der Waals surface area contributed by atoms with Gasteiger partial charge in [0, 0.05) is 25.0 Å². The van der Waals surface area contributed by atoms with Crippen LogP contribution in [-0.4, -0.2) is 41.1 Å². The van der Waals surface area contributed by atoms with E-state index in [9.17, 15) is 0 Å². The van der Waals surface area contributed by atoms with Gasteiger partial charge in [0.2, 0.25) is 5.69 Å². The maximum Gasteiger partial charge on any atom is 0.251 e. The van der Waals surface area contributed by atoms with E-state index in [-0.39, 0.29) is 5.69 Å². The molecule has 0 saturated heterocycles. The van der Waals surface area contributed by atoms with Crippen molar-refractivity contribution >= 4 is 0 Å². The van der Waals surface area contributed by atoms with Crippen molar-refractivity contribution in [3.63, 3.8) is 0 Å². The molecule has 1 aliphatic rings. The highest BCUT2D eigenvalue weighted by molar-refractivity contribution is 5.29. The topological polar surface area (TPSA) is 62.0 Å². The first-order valence-corrected chi connectivity index (χ1v) is 5.35. The Morgan fingerprint density at radius 3 is 2.94 bits per heavy atom. The zero-order chi connectivity index (χ0) is 11.4. The minimum Gasteiger partial charge on any atom is -0.474 e. The van der Waals surface area contributed by atoms with Gasteiger partial charge in [0.05, 0.1) is 0 Å². The second-order valence-electron chi connectivity index (χ2n) is 3.88. The van der Waals surface area contributed by atoms with Gasteiger partial charge in [-0.05, 0) is 19.9 Å². The normalized spacial score (nSPS) is 14.8. The molecule has 0 bridgehead atoms. The van der Waals surface area contributed by atoms with Gasteiger partial charge in [-0.2, -0.15) is 5.26 Å². The standard InChI is InChI=1S/C11H14N4O/c1-15(9-2-3-9)6-7-16-11-10(8-12)13-4-5-14-11/h4-5,9H,2-3,6-7H2,1H3. The third-order valence-electron chi connectivity index (χ3n) is 2.62. The average molecular weight is 218 g/mol. The Labute approximate surface area is 94.7 Å². The summed E-state index contributed by atoms with van der Waals surface area (Å²) in [6.45, 7) is 1.40. The number of nitriles is 1. The van der Waals surface area contributed by atoms with Crippen LogP contribution in [0.2, 0.25) is 0 Å². The third kappa shape index (κ3) is 2.67. The minimum atomic E-state index is 0.247. The summed E-state index contributed by atoms with van der Waals surface area (Å²) in [6.07, 6.45) is 5.58. The van der Waals surface area contributed by atoms with Crippen LogP contribution in [0, 0.1) is 11.3 Å². The lowest BCUT2D eigenvalue weighted by Gasteiger charge is -2.15. The van der Waals surface area contributed by atoms with Crippen molar-refractivity contribution in [3.05, 3.63) is 18.1 Å². The summed E-state index contributed by atoms with van der Waals surface area (Å²) in [5.74, 6) is 0.328. The number of likely N-dealkylation sites (N-methyl/N-ethyl adjacent to an activating group) is 1. The van der Waals surface area contributed by atoms with Gasteiger partial charge >= 0.3 is 0 Å². The van der Waals surface area contributed by atoms with E-state index in [1.165, 1.54) is 25.2 Å². The number of nitrogens with zero attached hydrogens (tertiary/aromatic N) is 4. The quantitative estimate of drug-likeness (QED) is 0.732. The fourth-order valence-corrected chi connectivity index (χ4v) is 1.49. The molecular formula is C11H14N4O. The van der Waals surface area contributed by atoms with Crippen LogP contribution in [0.25, 0.3) is 0 Å². The SMILES string of the molecule is CN(CCOc1nccnc1C#N)C1CC1. The van der Waals surface area contributed by atoms with Gasteiger partial charge in [0.25, 0.3) is 5.88 Å². The molecule has 5 heteroatoms. The first-order valence-electron chi connectivity index (χ1n) is 5.35. The van der Waals surface area contributed by atoms with Crippen molar-refractivity contribution in [2.75, 3.05) is 20.2 Å². The van der Waals surface area contributed by atoms with Gasteiger partial charge in [0.1, 0.15) is 12.7 Å². The van der Waals surface area contributed by atoms with E-state index >= 15 is 0 Å². The first-order chi connectivity index (χ1) is 7.81. The smallest absolute Gasteiger partial charge is 0.251 e. The number of ether oxygens (including phenoxy) is 1. The molecule has 0 unspecified atom stereocenters. The summed E-state index contributed by atoms with van der Waals surface area (Å²) in [5.41, 5.74) is 0.247. The largest absolute Gasteiger partial charge is 0.474 e. The molecule has 0 N–H and O–H groups in total. The Balaban J connectivity index is 1.82. The van der Waals surface area contributed by atoms with Crippen molar-refractivity contribution in [2.45, 2.75) is 18.9 Å². The van der Waals surface area contributed by atoms with Crippen LogP contribution >= 0.6 is 0 Å². The molecule has 1 saturated carbocycles. The summed E-state index contributed by atoms with van der Waals surface area (Å²) in [5, 5.41) is 8.78. The molecule has 1 aromatic heterocycles. The third-order valence-corrected chi connectivity index (χ3v) is 2.62. The Kier molecular flexibility index (Phi) is 3.32. The van der Waals surface area contributed by atoms with Crippen molar-refractivity contribution in [1.82, 2.24) is 14.9 Å². The molecule has 2 rings (SSSR count). The van der Waals surface area contributed by atoms with Crippen LogP contribution in [0.1, 0.15) is 18.5 Å². The summed E-state index contributed by atoms with van der Waals surface area (Å²) < 4.78 is 5.44. The molecule has 84 valence electrons. The molecule has 0 amide bonds. The van der Waals surface area contributed by atoms with Crippen LogP contribution in [0.4, 0.5) is 0 Å². The van der Waals surface area contributed by atoms with Crippen LogP contribution in [0.15, 0.2) is 12.4 Å². The van der Waals surface area contributed by atoms with E-state index in [1.54, 1.807) is 0 Å².